The summed E-state index contributed by atoms with van der Waals surface area (Å²) in [5.41, 5.74) is -0.275. The number of hydrogen-bond donors (Lipinski definition) is 1. The Bertz CT molecular complexity index is 1570. The number of hydrogen-bond acceptors (Lipinski definition) is 6. The maximum absolute atomic E-state index is 14.2. The summed E-state index contributed by atoms with van der Waals surface area (Å²) in [6.45, 7) is 2.21. The molecule has 2 saturated heterocycles. The first-order valence-electron chi connectivity index (χ1n) is 12.9. The molecule has 1 aromatic carbocycles. The van der Waals surface area contributed by atoms with Crippen molar-refractivity contribution in [3.05, 3.63) is 82.1 Å². The molecule has 1 atom stereocenters. The average molecular weight is 543 g/mol. The zero-order valence-electron chi connectivity index (χ0n) is 21.4. The molecule has 12 heteroatoms. The van der Waals surface area contributed by atoms with Crippen molar-refractivity contribution in [2.24, 2.45) is 7.05 Å². The van der Waals surface area contributed by atoms with Crippen molar-refractivity contribution in [2.75, 3.05) is 26.3 Å². The predicted molar refractivity (Wildman–Crippen MR) is 136 cm³/mol. The van der Waals surface area contributed by atoms with Gasteiger partial charge in [0.2, 0.25) is 0 Å². The maximum Gasteiger partial charge on any atom is 0.418 e. The van der Waals surface area contributed by atoms with E-state index < -0.39 is 23.5 Å². The van der Waals surface area contributed by atoms with Gasteiger partial charge >= 0.3 is 11.9 Å². The fourth-order valence-electron chi connectivity index (χ4n) is 5.65. The van der Waals surface area contributed by atoms with Crippen molar-refractivity contribution < 1.29 is 23.0 Å². The zero-order valence-corrected chi connectivity index (χ0v) is 21.4. The molecule has 4 aromatic rings. The van der Waals surface area contributed by atoms with E-state index in [1.807, 2.05) is 28.6 Å². The number of aromatic nitrogens is 5. The van der Waals surface area contributed by atoms with E-state index in [1.165, 1.54) is 17.0 Å². The number of piperidine rings is 1. The van der Waals surface area contributed by atoms with Crippen molar-refractivity contribution in [1.82, 2.24) is 28.6 Å². The van der Waals surface area contributed by atoms with Crippen molar-refractivity contribution in [3.63, 3.8) is 0 Å². The summed E-state index contributed by atoms with van der Waals surface area (Å²) in [6, 6.07) is 8.40. The molecular weight excluding hydrogens is 513 g/mol. The molecule has 3 aromatic heterocycles. The SMILES string of the molecule is Cn1cnnc1CC1(c2cccc(-n3cc4c(C(F)(F)F)cc(CN5CCC[C@@H](O)C5)cn4c3=O)c2)COC1. The molecule has 0 unspecified atom stereocenters. The van der Waals surface area contributed by atoms with Gasteiger partial charge in [0, 0.05) is 44.4 Å². The number of benzene rings is 1. The molecule has 0 bridgehead atoms. The summed E-state index contributed by atoms with van der Waals surface area (Å²) in [7, 11) is 1.87. The third kappa shape index (κ3) is 4.77. The van der Waals surface area contributed by atoms with Gasteiger partial charge in [-0.25, -0.2) is 4.79 Å². The molecule has 206 valence electrons. The van der Waals surface area contributed by atoms with Crippen molar-refractivity contribution in [1.29, 1.82) is 0 Å². The van der Waals surface area contributed by atoms with Gasteiger partial charge in [-0.2, -0.15) is 13.2 Å². The van der Waals surface area contributed by atoms with Crippen LogP contribution in [-0.2, 0) is 36.3 Å². The van der Waals surface area contributed by atoms with Gasteiger partial charge in [-0.15, -0.1) is 10.2 Å². The van der Waals surface area contributed by atoms with Crippen LogP contribution in [-0.4, -0.2) is 66.1 Å². The highest BCUT2D eigenvalue weighted by Gasteiger charge is 2.42. The summed E-state index contributed by atoms with van der Waals surface area (Å²) >= 11 is 0. The highest BCUT2D eigenvalue weighted by molar-refractivity contribution is 5.58. The lowest BCUT2D eigenvalue weighted by Crippen LogP contribution is -2.49. The van der Waals surface area contributed by atoms with Crippen molar-refractivity contribution in [3.8, 4) is 5.69 Å². The number of nitrogens with zero attached hydrogens (tertiary/aromatic N) is 6. The van der Waals surface area contributed by atoms with Gasteiger partial charge < -0.3 is 14.4 Å². The van der Waals surface area contributed by atoms with Crippen LogP contribution >= 0.6 is 0 Å². The Labute approximate surface area is 222 Å². The van der Waals surface area contributed by atoms with Crippen LogP contribution in [0.1, 0.15) is 35.4 Å². The Morgan fingerprint density at radius 2 is 2.03 bits per heavy atom. The summed E-state index contributed by atoms with van der Waals surface area (Å²) in [5.74, 6) is 0.791. The Hall–Kier alpha value is -3.48. The van der Waals surface area contributed by atoms with Gasteiger partial charge in [0.15, 0.2) is 0 Å². The number of likely N-dealkylation sites (tertiary alicyclic amines) is 1. The minimum Gasteiger partial charge on any atom is -0.392 e. The molecule has 0 aliphatic carbocycles. The fourth-order valence-corrected chi connectivity index (χ4v) is 5.65. The van der Waals surface area contributed by atoms with E-state index in [2.05, 4.69) is 10.2 Å². The first kappa shape index (κ1) is 25.8. The summed E-state index contributed by atoms with van der Waals surface area (Å²) in [5, 5.41) is 18.1. The smallest absolute Gasteiger partial charge is 0.392 e. The number of halogens is 3. The largest absolute Gasteiger partial charge is 0.418 e. The first-order chi connectivity index (χ1) is 18.6. The fraction of sp³-hybridized carbons (Fsp3) is 0.444. The lowest BCUT2D eigenvalue weighted by Gasteiger charge is -2.41. The minimum atomic E-state index is -4.65. The summed E-state index contributed by atoms with van der Waals surface area (Å²) in [6.07, 6.45) is 1.24. The van der Waals surface area contributed by atoms with Gasteiger partial charge in [0.05, 0.1) is 36.1 Å². The predicted octanol–water partition coefficient (Wildman–Crippen LogP) is 2.70. The Morgan fingerprint density at radius 1 is 1.21 bits per heavy atom. The molecular formula is C27H29F3N6O3. The average Bonchev–Trinajstić information content (AvgIpc) is 3.43. The van der Waals surface area contributed by atoms with E-state index in [1.54, 1.807) is 18.5 Å². The number of pyridine rings is 1. The first-order valence-corrected chi connectivity index (χ1v) is 12.9. The van der Waals surface area contributed by atoms with Crippen LogP contribution in [0.2, 0.25) is 0 Å². The number of fused-ring (bicyclic) bond motifs is 1. The van der Waals surface area contributed by atoms with Crippen LogP contribution in [0.4, 0.5) is 13.2 Å². The molecule has 9 nitrogen and oxygen atoms in total. The third-order valence-electron chi connectivity index (χ3n) is 7.81. The molecule has 0 saturated carbocycles. The maximum atomic E-state index is 14.2. The molecule has 39 heavy (non-hydrogen) atoms. The molecule has 2 aliphatic rings. The van der Waals surface area contributed by atoms with Crippen molar-refractivity contribution >= 4 is 5.52 Å². The van der Waals surface area contributed by atoms with Gasteiger partial charge in [0.25, 0.3) is 0 Å². The number of aliphatic hydroxyl groups is 1. The van der Waals surface area contributed by atoms with Crippen LogP contribution in [0.25, 0.3) is 11.2 Å². The van der Waals surface area contributed by atoms with Gasteiger partial charge in [-0.3, -0.25) is 13.9 Å². The van der Waals surface area contributed by atoms with E-state index in [0.717, 1.165) is 28.3 Å². The topological polar surface area (TPSA) is 89.8 Å². The second-order valence-corrected chi connectivity index (χ2v) is 10.7. The number of aryl methyl sites for hydroxylation is 1. The van der Waals surface area contributed by atoms with Gasteiger partial charge in [-0.05, 0) is 48.7 Å². The number of aliphatic hydroxyl groups excluding tert-OH is 1. The number of β-amino-alcohol motifs (C(OH)–C–C–N with tert-alkyl or cyclic N) is 1. The minimum absolute atomic E-state index is 0.207. The van der Waals surface area contributed by atoms with Crippen LogP contribution in [0.15, 0.2) is 53.8 Å². The van der Waals surface area contributed by atoms with E-state index >= 15 is 0 Å². The second-order valence-electron chi connectivity index (χ2n) is 10.7. The lowest BCUT2D eigenvalue weighted by atomic mass is 9.75. The third-order valence-corrected chi connectivity index (χ3v) is 7.81. The van der Waals surface area contributed by atoms with Crippen LogP contribution in [0.3, 0.4) is 0 Å². The molecule has 6 rings (SSSR count). The van der Waals surface area contributed by atoms with Crippen LogP contribution in [0, 0.1) is 0 Å². The standard InChI is InChI=1S/C27H29F3N6O3/c1-33-17-31-32-24(33)10-26(15-39-16-26)19-4-2-5-20(9-19)35-14-23-22(27(28,29)30)8-18(12-36(23)25(35)38)11-34-7-3-6-21(37)13-34/h2,4-5,8-9,12,14,17,21,37H,3,6-7,10-11,13,15-16H2,1H3/t21-/m1/s1. The molecule has 0 spiro atoms. The van der Waals surface area contributed by atoms with Crippen LogP contribution < -0.4 is 5.69 Å². The Kier molecular flexibility index (Phi) is 6.35. The molecule has 5 heterocycles. The lowest BCUT2D eigenvalue weighted by molar-refractivity contribution is -0.136. The Balaban J connectivity index is 1.40. The summed E-state index contributed by atoms with van der Waals surface area (Å²) < 4.78 is 52.2. The monoisotopic (exact) mass is 542 g/mol. The molecule has 2 aliphatic heterocycles. The normalized spacial score (nSPS) is 19.9. The highest BCUT2D eigenvalue weighted by atomic mass is 19.4. The number of alkyl halides is 3. The number of imidazole rings is 1. The summed E-state index contributed by atoms with van der Waals surface area (Å²) in [4.78, 5) is 15.4. The second kappa shape index (κ2) is 9.61. The Morgan fingerprint density at radius 3 is 2.69 bits per heavy atom. The van der Waals surface area contributed by atoms with E-state index in [4.69, 9.17) is 4.74 Å². The quantitative estimate of drug-likeness (QED) is 0.403. The van der Waals surface area contributed by atoms with E-state index in [-0.39, 0.29) is 17.5 Å². The molecule has 0 radical (unpaired) electrons. The molecule has 0 amide bonds. The number of rotatable bonds is 6. The van der Waals surface area contributed by atoms with Crippen molar-refractivity contribution in [2.45, 2.75) is 43.5 Å². The highest BCUT2D eigenvalue weighted by Crippen LogP contribution is 2.37. The molecule has 2 fully saturated rings. The van der Waals surface area contributed by atoms with Gasteiger partial charge in [-0.1, -0.05) is 12.1 Å². The number of ether oxygens (including phenoxy) is 1. The van der Waals surface area contributed by atoms with E-state index in [9.17, 15) is 23.1 Å². The molecule has 1 N–H and O–H groups in total. The zero-order chi connectivity index (χ0) is 27.4. The van der Waals surface area contributed by atoms with Crippen LogP contribution in [0.5, 0.6) is 0 Å². The van der Waals surface area contributed by atoms with E-state index in [0.29, 0.717) is 50.4 Å². The van der Waals surface area contributed by atoms with Gasteiger partial charge in [0.1, 0.15) is 12.2 Å².